The molecule has 1 aliphatic heterocycles. The quantitative estimate of drug-likeness (QED) is 0.387. The zero-order chi connectivity index (χ0) is 25.9. The van der Waals surface area contributed by atoms with E-state index in [1.165, 1.54) is 0 Å². The highest BCUT2D eigenvalue weighted by molar-refractivity contribution is 6.74. The number of ether oxygens (including phenoxy) is 2. The van der Waals surface area contributed by atoms with E-state index in [9.17, 15) is 0 Å². The largest absolute Gasteiger partial charge is 0.414 e. The Bertz CT molecular complexity index is 1150. The van der Waals surface area contributed by atoms with E-state index >= 15 is 0 Å². The molecule has 3 heterocycles. The van der Waals surface area contributed by atoms with Crippen LogP contribution in [0.25, 0.3) is 17.1 Å². The second-order valence-corrected chi connectivity index (χ2v) is 15.6. The molecule has 1 aliphatic rings. The molecule has 1 aromatic carbocycles. The molecule has 1 saturated heterocycles. The third kappa shape index (κ3) is 5.86. The van der Waals surface area contributed by atoms with E-state index in [4.69, 9.17) is 29.0 Å². The zero-order valence-electron chi connectivity index (χ0n) is 22.6. The van der Waals surface area contributed by atoms with Crippen LogP contribution in [0.5, 0.6) is 0 Å². The number of hydrogen-bond acceptors (Lipinski definition) is 7. The van der Waals surface area contributed by atoms with Gasteiger partial charge in [-0.25, -0.2) is 14.6 Å². The fourth-order valence-corrected chi connectivity index (χ4v) is 4.85. The summed E-state index contributed by atoms with van der Waals surface area (Å²) in [6.45, 7) is 16.6. The van der Waals surface area contributed by atoms with Gasteiger partial charge in [0.2, 0.25) is 0 Å². The summed E-state index contributed by atoms with van der Waals surface area (Å²) in [6.07, 6.45) is -0.386. The van der Waals surface area contributed by atoms with Crippen LogP contribution in [-0.4, -0.2) is 68.1 Å². The van der Waals surface area contributed by atoms with Gasteiger partial charge in [0.1, 0.15) is 11.9 Å². The molecule has 0 spiro atoms. The minimum atomic E-state index is -1.96. The minimum Gasteiger partial charge on any atom is -0.414 e. The number of hydrogen-bond donors (Lipinski definition) is 0. The normalized spacial score (nSPS) is 15.8. The van der Waals surface area contributed by atoms with Crippen molar-refractivity contribution in [2.75, 3.05) is 44.9 Å². The lowest BCUT2D eigenvalue weighted by Gasteiger charge is -2.37. The summed E-state index contributed by atoms with van der Waals surface area (Å²) in [6, 6.07) is 14.3. The molecule has 0 radical (unpaired) electrons. The summed E-state index contributed by atoms with van der Waals surface area (Å²) in [5.74, 6) is 2.17. The molecule has 36 heavy (non-hydrogen) atoms. The van der Waals surface area contributed by atoms with Crippen LogP contribution >= 0.6 is 0 Å². The van der Waals surface area contributed by atoms with Crippen molar-refractivity contribution in [1.82, 2.24) is 19.7 Å². The lowest BCUT2D eigenvalue weighted by Crippen LogP contribution is -2.42. The molecular weight excluding hydrogens is 470 g/mol. The van der Waals surface area contributed by atoms with Crippen molar-refractivity contribution in [2.45, 2.75) is 51.9 Å². The molecule has 2 aromatic heterocycles. The molecule has 0 N–H and O–H groups in total. The molecule has 8 nitrogen and oxygen atoms in total. The van der Waals surface area contributed by atoms with Crippen molar-refractivity contribution in [1.29, 1.82) is 0 Å². The topological polar surface area (TPSA) is 74.5 Å². The maximum absolute atomic E-state index is 6.50. The van der Waals surface area contributed by atoms with E-state index in [1.54, 1.807) is 7.11 Å². The summed E-state index contributed by atoms with van der Waals surface area (Å²) in [5.41, 5.74) is 2.98. The van der Waals surface area contributed by atoms with Gasteiger partial charge < -0.3 is 18.8 Å². The third-order valence-corrected chi connectivity index (χ3v) is 11.7. The van der Waals surface area contributed by atoms with Crippen LogP contribution in [0, 0.1) is 6.92 Å². The number of benzene rings is 1. The summed E-state index contributed by atoms with van der Waals surface area (Å²) >= 11 is 0. The number of nitrogens with zero attached hydrogens (tertiary/aromatic N) is 5. The van der Waals surface area contributed by atoms with Gasteiger partial charge in [-0.1, -0.05) is 51.1 Å². The van der Waals surface area contributed by atoms with Crippen LogP contribution < -0.4 is 4.90 Å². The maximum Gasteiger partial charge on any atom is 0.192 e. The fourth-order valence-electron chi connectivity index (χ4n) is 3.85. The zero-order valence-corrected chi connectivity index (χ0v) is 23.6. The lowest BCUT2D eigenvalue weighted by molar-refractivity contribution is 0.0463. The molecule has 0 amide bonds. The molecule has 1 fully saturated rings. The Hall–Kier alpha value is -2.59. The molecule has 9 heteroatoms. The van der Waals surface area contributed by atoms with Gasteiger partial charge in [0, 0.05) is 37.5 Å². The summed E-state index contributed by atoms with van der Waals surface area (Å²) in [4.78, 5) is 12.1. The number of aromatic nitrogens is 4. The molecular formula is C27H39N5O3Si. The SMILES string of the molecule is CO[C@@H](CO[Si](C)(C)C(C)(C)C)c1nc(N2CCOCC2)cc(-n2nc(-c3ccccc3)cc2C)n1. The van der Waals surface area contributed by atoms with Gasteiger partial charge in [0.05, 0.1) is 25.5 Å². The molecule has 0 saturated carbocycles. The molecule has 194 valence electrons. The maximum atomic E-state index is 6.50. The molecule has 0 unspecified atom stereocenters. The van der Waals surface area contributed by atoms with Crippen LogP contribution in [0.15, 0.2) is 42.5 Å². The van der Waals surface area contributed by atoms with Crippen molar-refractivity contribution in [3.05, 3.63) is 54.0 Å². The first-order valence-electron chi connectivity index (χ1n) is 12.6. The van der Waals surface area contributed by atoms with E-state index in [-0.39, 0.29) is 11.1 Å². The van der Waals surface area contributed by atoms with Crippen molar-refractivity contribution >= 4 is 14.1 Å². The molecule has 0 aliphatic carbocycles. The minimum absolute atomic E-state index is 0.104. The second kappa shape index (κ2) is 10.8. The predicted octanol–water partition coefficient (Wildman–Crippen LogP) is 5.18. The molecule has 0 bridgehead atoms. The van der Waals surface area contributed by atoms with Crippen molar-refractivity contribution in [3.8, 4) is 17.1 Å². The Morgan fingerprint density at radius 3 is 2.33 bits per heavy atom. The van der Waals surface area contributed by atoms with Crippen molar-refractivity contribution in [2.24, 2.45) is 0 Å². The van der Waals surface area contributed by atoms with Crippen LogP contribution in [0.3, 0.4) is 0 Å². The van der Waals surface area contributed by atoms with Crippen molar-refractivity contribution in [3.63, 3.8) is 0 Å². The summed E-state index contributed by atoms with van der Waals surface area (Å²) in [7, 11) is -0.272. The highest BCUT2D eigenvalue weighted by Gasteiger charge is 2.38. The second-order valence-electron chi connectivity index (χ2n) is 10.8. The summed E-state index contributed by atoms with van der Waals surface area (Å²) < 4.78 is 19.8. The Labute approximate surface area is 215 Å². The fraction of sp³-hybridized carbons (Fsp3) is 0.519. The van der Waals surface area contributed by atoms with Crippen LogP contribution in [0.2, 0.25) is 18.1 Å². The van der Waals surface area contributed by atoms with Gasteiger partial charge in [0.25, 0.3) is 0 Å². The monoisotopic (exact) mass is 509 g/mol. The van der Waals surface area contributed by atoms with Gasteiger partial charge in [-0.15, -0.1) is 0 Å². The van der Waals surface area contributed by atoms with Crippen LogP contribution in [-0.2, 0) is 13.9 Å². The Morgan fingerprint density at radius 2 is 1.69 bits per heavy atom. The number of methoxy groups -OCH3 is 1. The van der Waals surface area contributed by atoms with Gasteiger partial charge in [-0.05, 0) is 31.1 Å². The molecule has 4 rings (SSSR count). The smallest absolute Gasteiger partial charge is 0.192 e. The number of anilines is 1. The first-order chi connectivity index (χ1) is 17.1. The standard InChI is InChI=1S/C27H39N5O3Si/c1-20-17-22(21-11-9-8-10-12-21)30-32(20)25-18-24(31-13-15-34-16-14-31)28-26(29-25)23(33-5)19-35-36(6,7)27(2,3)4/h8-12,17-18,23H,13-16,19H2,1-7H3/t23-/m0/s1. The van der Waals surface area contributed by atoms with E-state index in [2.05, 4.69) is 57.0 Å². The van der Waals surface area contributed by atoms with Crippen LogP contribution in [0.4, 0.5) is 5.82 Å². The Kier molecular flexibility index (Phi) is 7.94. The van der Waals surface area contributed by atoms with Gasteiger partial charge in [-0.3, -0.25) is 0 Å². The highest BCUT2D eigenvalue weighted by atomic mass is 28.4. The first kappa shape index (κ1) is 26.5. The highest BCUT2D eigenvalue weighted by Crippen LogP contribution is 2.37. The molecule has 3 aromatic rings. The van der Waals surface area contributed by atoms with Crippen molar-refractivity contribution < 1.29 is 13.9 Å². The Balaban J connectivity index is 1.72. The Morgan fingerprint density at radius 1 is 1.03 bits per heavy atom. The summed E-state index contributed by atoms with van der Waals surface area (Å²) in [5, 5.41) is 5.00. The van der Waals surface area contributed by atoms with Gasteiger partial charge >= 0.3 is 0 Å². The average molecular weight is 510 g/mol. The van der Waals surface area contributed by atoms with E-state index in [1.807, 2.05) is 35.9 Å². The number of morpholine rings is 1. The van der Waals surface area contributed by atoms with E-state index < -0.39 is 8.32 Å². The van der Waals surface area contributed by atoms with E-state index in [0.717, 1.165) is 41.7 Å². The van der Waals surface area contributed by atoms with Gasteiger partial charge in [0.15, 0.2) is 20.0 Å². The lowest BCUT2D eigenvalue weighted by atomic mass is 10.1. The average Bonchev–Trinajstić information content (AvgIpc) is 3.26. The number of aryl methyl sites for hydroxylation is 1. The first-order valence-corrected chi connectivity index (χ1v) is 15.5. The van der Waals surface area contributed by atoms with E-state index in [0.29, 0.717) is 25.6 Å². The van der Waals surface area contributed by atoms with Gasteiger partial charge in [-0.2, -0.15) is 5.10 Å². The predicted molar refractivity (Wildman–Crippen MR) is 145 cm³/mol. The molecule has 1 atom stereocenters. The third-order valence-electron chi connectivity index (χ3n) is 7.20. The van der Waals surface area contributed by atoms with Crippen LogP contribution in [0.1, 0.15) is 38.4 Å². The number of rotatable bonds is 8.